The predicted molar refractivity (Wildman–Crippen MR) is 468 cm³/mol. The van der Waals surface area contributed by atoms with E-state index in [1.54, 1.807) is 0 Å². The first kappa shape index (κ1) is 64.3. The number of para-hydroxylation sites is 3. The summed E-state index contributed by atoms with van der Waals surface area (Å²) in [6.45, 7) is 14.1. The van der Waals surface area contributed by atoms with E-state index >= 15 is 0 Å². The summed E-state index contributed by atoms with van der Waals surface area (Å²) < 4.78 is 7.26. The van der Waals surface area contributed by atoms with Gasteiger partial charge in [-0.3, -0.25) is 0 Å². The predicted octanol–water partition coefficient (Wildman–Crippen LogP) is 27.8. The van der Waals surface area contributed by atoms with Crippen LogP contribution in [0.5, 0.6) is 0 Å². The minimum atomic E-state index is -0.0591. The van der Waals surface area contributed by atoms with Gasteiger partial charge in [0.2, 0.25) is 0 Å². The third-order valence-electron chi connectivity index (χ3n) is 25.7. The standard InChI is InChI=1S/C107H75N5/c1-105(2)90-28-13-7-22-77(90)83-57-67(38-49-93(83)105)70-42-53-100-86(60-70)80-25-10-16-31-97(80)110(100)74-45-34-64(35-46-74)66-41-52-96-89(63-66)103(73-20-19-21-76(56-73)112-99-33-18-12-27-82(99)88-62-72(44-55-102(88)112)69-40-51-95-85(59-69)79-24-9-15-30-92(79)107(95,5)6)109-104(108-96)65-36-47-75(48-37-65)111-98-32-17-11-26-81(98)87-61-71(43-54-101(87)111)68-39-50-94-84(58-68)78-23-8-14-29-91(78)106(94,3)4/h7-63H,1-6H3. The number of hydrogen-bond acceptors (Lipinski definition) is 2. The van der Waals surface area contributed by atoms with Crippen LogP contribution in [0.15, 0.2) is 346 Å². The number of hydrogen-bond donors (Lipinski definition) is 0. The van der Waals surface area contributed by atoms with Crippen molar-refractivity contribution in [2.24, 2.45) is 0 Å². The largest absolute Gasteiger partial charge is 0.309 e. The molecule has 23 rings (SSSR count). The van der Waals surface area contributed by atoms with Gasteiger partial charge in [-0.05, 0) is 245 Å². The maximum atomic E-state index is 5.72. The summed E-state index contributed by atoms with van der Waals surface area (Å²) in [7, 11) is 0. The molecule has 4 heterocycles. The van der Waals surface area contributed by atoms with Gasteiger partial charge in [0, 0.05) is 82.1 Å². The van der Waals surface area contributed by atoms with E-state index in [9.17, 15) is 0 Å². The van der Waals surface area contributed by atoms with E-state index in [1.165, 1.54) is 143 Å². The number of aromatic nitrogens is 5. The van der Waals surface area contributed by atoms with E-state index in [0.717, 1.165) is 78.0 Å². The van der Waals surface area contributed by atoms with E-state index in [1.807, 2.05) is 0 Å². The first-order chi connectivity index (χ1) is 54.8. The quantitative estimate of drug-likeness (QED) is 0.144. The summed E-state index contributed by atoms with van der Waals surface area (Å²) in [5.74, 6) is 0.659. The van der Waals surface area contributed by atoms with Crippen LogP contribution < -0.4 is 0 Å². The molecule has 20 aromatic rings. The molecule has 0 unspecified atom stereocenters. The zero-order valence-electron chi connectivity index (χ0n) is 63.1. The molecule has 0 atom stereocenters. The van der Waals surface area contributed by atoms with Crippen LogP contribution in [0, 0.1) is 0 Å². The average molecular weight is 1430 g/mol. The minimum absolute atomic E-state index is 0.0430. The lowest BCUT2D eigenvalue weighted by atomic mass is 9.82. The van der Waals surface area contributed by atoms with Crippen molar-refractivity contribution in [2.45, 2.75) is 57.8 Å². The maximum absolute atomic E-state index is 5.72. The van der Waals surface area contributed by atoms with E-state index in [0.29, 0.717) is 5.82 Å². The van der Waals surface area contributed by atoms with Crippen molar-refractivity contribution in [1.29, 1.82) is 0 Å². The Morgan fingerprint density at radius 1 is 0.196 bits per heavy atom. The Morgan fingerprint density at radius 2 is 0.518 bits per heavy atom. The van der Waals surface area contributed by atoms with Crippen LogP contribution in [0.25, 0.3) is 194 Å². The van der Waals surface area contributed by atoms with E-state index < -0.39 is 0 Å². The highest BCUT2D eigenvalue weighted by atomic mass is 15.0. The molecule has 0 radical (unpaired) electrons. The summed E-state index contributed by atoms with van der Waals surface area (Å²) in [4.78, 5) is 11.2. The Morgan fingerprint density at radius 3 is 0.955 bits per heavy atom. The molecule has 5 nitrogen and oxygen atoms in total. The third kappa shape index (κ3) is 9.37. The first-order valence-corrected chi connectivity index (χ1v) is 39.3. The highest BCUT2D eigenvalue weighted by molar-refractivity contribution is 6.14. The van der Waals surface area contributed by atoms with Gasteiger partial charge >= 0.3 is 0 Å². The van der Waals surface area contributed by atoms with E-state index in [2.05, 4.69) is 401 Å². The average Bonchev–Trinajstić information content (AvgIpc) is 1.49. The third-order valence-corrected chi connectivity index (χ3v) is 25.7. The van der Waals surface area contributed by atoms with Crippen LogP contribution >= 0.6 is 0 Å². The molecule has 0 spiro atoms. The van der Waals surface area contributed by atoms with Crippen molar-refractivity contribution < 1.29 is 0 Å². The van der Waals surface area contributed by atoms with Crippen molar-refractivity contribution in [3.63, 3.8) is 0 Å². The van der Waals surface area contributed by atoms with Gasteiger partial charge in [0.25, 0.3) is 0 Å². The second-order valence-corrected chi connectivity index (χ2v) is 32.8. The van der Waals surface area contributed by atoms with Crippen LogP contribution in [0.3, 0.4) is 0 Å². The molecule has 0 N–H and O–H groups in total. The fraction of sp³-hybridized carbons (Fsp3) is 0.0841. The second kappa shape index (κ2) is 23.6. The summed E-state index contributed by atoms with van der Waals surface area (Å²) in [6.07, 6.45) is 0. The molecule has 0 amide bonds. The van der Waals surface area contributed by atoms with Gasteiger partial charge in [0.1, 0.15) is 0 Å². The van der Waals surface area contributed by atoms with Gasteiger partial charge in [-0.2, -0.15) is 0 Å². The van der Waals surface area contributed by atoms with Gasteiger partial charge < -0.3 is 13.7 Å². The van der Waals surface area contributed by atoms with Crippen LogP contribution in [0.2, 0.25) is 0 Å². The molecule has 16 aromatic carbocycles. The second-order valence-electron chi connectivity index (χ2n) is 32.8. The maximum Gasteiger partial charge on any atom is 0.160 e. The fourth-order valence-electron chi connectivity index (χ4n) is 20.0. The number of fused-ring (bicyclic) bond motifs is 19. The van der Waals surface area contributed by atoms with E-state index in [4.69, 9.17) is 9.97 Å². The Hall–Kier alpha value is -13.7. The lowest BCUT2D eigenvalue weighted by Gasteiger charge is -2.21. The fourth-order valence-corrected chi connectivity index (χ4v) is 20.0. The van der Waals surface area contributed by atoms with Gasteiger partial charge in [-0.1, -0.05) is 254 Å². The van der Waals surface area contributed by atoms with Gasteiger partial charge in [-0.25, -0.2) is 9.97 Å². The van der Waals surface area contributed by atoms with Crippen LogP contribution in [-0.2, 0) is 16.2 Å². The number of rotatable bonds is 9. The molecule has 0 bridgehead atoms. The Bertz CT molecular complexity index is 7450. The molecule has 112 heavy (non-hydrogen) atoms. The summed E-state index contributed by atoms with van der Waals surface area (Å²) in [5.41, 5.74) is 39.4. The minimum Gasteiger partial charge on any atom is -0.309 e. The molecule has 0 aliphatic heterocycles. The highest BCUT2D eigenvalue weighted by Gasteiger charge is 2.38. The van der Waals surface area contributed by atoms with Crippen molar-refractivity contribution in [1.82, 2.24) is 23.7 Å². The van der Waals surface area contributed by atoms with E-state index in [-0.39, 0.29) is 16.2 Å². The summed E-state index contributed by atoms with van der Waals surface area (Å²) >= 11 is 0. The normalized spacial score (nSPS) is 14.0. The number of nitrogens with zero attached hydrogens (tertiary/aromatic N) is 5. The topological polar surface area (TPSA) is 40.6 Å². The zero-order chi connectivity index (χ0) is 74.6. The van der Waals surface area contributed by atoms with Crippen LogP contribution in [0.4, 0.5) is 0 Å². The smallest absolute Gasteiger partial charge is 0.160 e. The molecule has 3 aliphatic rings. The van der Waals surface area contributed by atoms with Crippen molar-refractivity contribution in [3.05, 3.63) is 379 Å². The number of benzene rings is 16. The lowest BCUT2D eigenvalue weighted by molar-refractivity contribution is 0.660. The molecular formula is C107H75N5. The first-order valence-electron chi connectivity index (χ1n) is 39.3. The summed E-state index contributed by atoms with van der Waals surface area (Å²) in [5, 5.41) is 8.28. The molecule has 0 saturated carbocycles. The lowest BCUT2D eigenvalue weighted by Crippen LogP contribution is -2.14. The van der Waals surface area contributed by atoms with Crippen molar-refractivity contribution in [3.8, 4) is 118 Å². The zero-order valence-corrected chi connectivity index (χ0v) is 63.1. The monoisotopic (exact) mass is 1430 g/mol. The highest BCUT2D eigenvalue weighted by Crippen LogP contribution is 2.54. The van der Waals surface area contributed by atoms with Gasteiger partial charge in [0.15, 0.2) is 5.82 Å². The van der Waals surface area contributed by atoms with Gasteiger partial charge in [-0.15, -0.1) is 0 Å². The molecule has 0 fully saturated rings. The Kier molecular flexibility index (Phi) is 13.6. The van der Waals surface area contributed by atoms with Crippen molar-refractivity contribution in [2.75, 3.05) is 0 Å². The molecular weight excluding hydrogens is 1360 g/mol. The molecule has 528 valence electrons. The van der Waals surface area contributed by atoms with Crippen LogP contribution in [-0.4, -0.2) is 23.7 Å². The SMILES string of the molecule is CC1(C)c2ccccc2-c2cc(-c3ccc4c(c3)c3ccccc3n4-c3ccc(-c4ccc5nc(-c6ccc(-n7c8ccccc8c8cc(-c9ccc%10c(c9)-c9ccccc9C%10(C)C)ccc87)cc6)nc(-c6cccc(-n7c8ccccc8c8cc(-c9ccc%10c(c9)-c9ccccc9C%10(C)C)ccc87)c6)c5c4)cc3)ccc21. The summed E-state index contributed by atoms with van der Waals surface area (Å²) in [6, 6.07) is 129. The van der Waals surface area contributed by atoms with Gasteiger partial charge in [0.05, 0.1) is 44.3 Å². The molecule has 0 saturated heterocycles. The van der Waals surface area contributed by atoms with Crippen molar-refractivity contribution >= 4 is 76.3 Å². The van der Waals surface area contributed by atoms with Crippen LogP contribution in [0.1, 0.15) is 74.9 Å². The molecule has 5 heteroatoms. The molecule has 3 aliphatic carbocycles. The Labute approximate surface area is 650 Å². The molecule has 4 aromatic heterocycles. The Balaban J connectivity index is 0.629.